The fourth-order valence-corrected chi connectivity index (χ4v) is 2.58. The molecule has 0 saturated carbocycles. The van der Waals surface area contributed by atoms with Crippen molar-refractivity contribution in [1.29, 1.82) is 0 Å². The number of nitrogens with one attached hydrogen (secondary N) is 1. The van der Waals surface area contributed by atoms with Gasteiger partial charge in [0.05, 0.1) is 18.4 Å². The summed E-state index contributed by atoms with van der Waals surface area (Å²) in [6.07, 6.45) is 7.33. The average molecular weight is 297 g/mol. The molecule has 2 heterocycles. The Morgan fingerprint density at radius 3 is 3.09 bits per heavy atom. The zero-order valence-electron chi connectivity index (χ0n) is 12.6. The number of amides is 1. The summed E-state index contributed by atoms with van der Waals surface area (Å²) >= 11 is 0. The summed E-state index contributed by atoms with van der Waals surface area (Å²) in [4.78, 5) is 19.9. The van der Waals surface area contributed by atoms with Crippen LogP contribution in [-0.2, 0) is 11.2 Å². The normalized spacial score (nSPS) is 16.0. The van der Waals surface area contributed by atoms with Gasteiger partial charge in [0.1, 0.15) is 11.9 Å². The molecule has 0 aliphatic carbocycles. The van der Waals surface area contributed by atoms with Crippen molar-refractivity contribution in [2.45, 2.75) is 32.3 Å². The highest BCUT2D eigenvalue weighted by Gasteiger charge is 2.23. The average Bonchev–Trinajstić information content (AvgIpc) is 2.96. The Bertz CT molecular complexity index is 658. The Morgan fingerprint density at radius 1 is 1.41 bits per heavy atom. The molecular formula is C17H19N3O2. The van der Waals surface area contributed by atoms with Crippen LogP contribution in [0.3, 0.4) is 0 Å². The lowest BCUT2D eigenvalue weighted by Gasteiger charge is -2.11. The molecule has 1 aromatic heterocycles. The molecule has 22 heavy (non-hydrogen) atoms. The largest absolute Gasteiger partial charge is 0.488 e. The molecule has 0 bridgehead atoms. The molecule has 0 spiro atoms. The van der Waals surface area contributed by atoms with E-state index < -0.39 is 0 Å². The minimum absolute atomic E-state index is 0.00733. The van der Waals surface area contributed by atoms with Gasteiger partial charge in [0, 0.05) is 30.8 Å². The van der Waals surface area contributed by atoms with E-state index in [0.717, 1.165) is 35.4 Å². The molecule has 5 heteroatoms. The topological polar surface area (TPSA) is 64.1 Å². The highest BCUT2D eigenvalue weighted by Crippen LogP contribution is 2.32. The van der Waals surface area contributed by atoms with Gasteiger partial charge in [-0.2, -0.15) is 0 Å². The predicted octanol–water partition coefficient (Wildman–Crippen LogP) is 2.36. The zero-order valence-corrected chi connectivity index (χ0v) is 12.6. The van der Waals surface area contributed by atoms with Crippen LogP contribution in [0.5, 0.6) is 5.75 Å². The number of aromatic nitrogens is 2. The van der Waals surface area contributed by atoms with Gasteiger partial charge in [0.15, 0.2) is 0 Å². The molecule has 5 nitrogen and oxygen atoms in total. The van der Waals surface area contributed by atoms with Gasteiger partial charge in [-0.3, -0.25) is 14.8 Å². The fraction of sp³-hybridized carbons (Fsp3) is 0.353. The van der Waals surface area contributed by atoms with E-state index >= 15 is 0 Å². The van der Waals surface area contributed by atoms with Crippen LogP contribution in [-0.4, -0.2) is 28.5 Å². The third-order valence-electron chi connectivity index (χ3n) is 3.66. The van der Waals surface area contributed by atoms with E-state index in [0.29, 0.717) is 13.0 Å². The van der Waals surface area contributed by atoms with Gasteiger partial charge >= 0.3 is 0 Å². The summed E-state index contributed by atoms with van der Waals surface area (Å²) < 4.78 is 5.88. The third kappa shape index (κ3) is 3.24. The second kappa shape index (κ2) is 6.56. The van der Waals surface area contributed by atoms with Crippen molar-refractivity contribution in [2.75, 3.05) is 6.54 Å². The van der Waals surface area contributed by atoms with Crippen LogP contribution in [0.4, 0.5) is 0 Å². The number of ether oxygens (including phenoxy) is 1. The number of benzene rings is 1. The van der Waals surface area contributed by atoms with E-state index in [4.69, 9.17) is 4.74 Å². The first-order valence-corrected chi connectivity index (χ1v) is 7.59. The molecule has 0 unspecified atom stereocenters. The van der Waals surface area contributed by atoms with Crippen molar-refractivity contribution in [3.05, 3.63) is 42.4 Å². The zero-order chi connectivity index (χ0) is 15.4. The second-order valence-electron chi connectivity index (χ2n) is 5.41. The van der Waals surface area contributed by atoms with Crippen LogP contribution in [0.25, 0.3) is 11.3 Å². The summed E-state index contributed by atoms with van der Waals surface area (Å²) in [6, 6.07) is 6.04. The molecule has 1 amide bonds. The molecule has 1 N–H and O–H groups in total. The summed E-state index contributed by atoms with van der Waals surface area (Å²) in [5.74, 6) is 0.977. The van der Waals surface area contributed by atoms with Crippen molar-refractivity contribution >= 4 is 5.91 Å². The lowest BCUT2D eigenvalue weighted by atomic mass is 10.0. The standard InChI is InChI=1S/C17H19N3O2/c1-2-3-17(21)20-10-14-9-13-8-12(4-5-16(13)22-14)15-11-18-6-7-19-15/h4-8,11,14H,2-3,9-10H2,1H3,(H,20,21)/t14-/m0/s1. The SMILES string of the molecule is CCCC(=O)NC[C@@H]1Cc2cc(-c3cnccn3)ccc2O1. The fourth-order valence-electron chi connectivity index (χ4n) is 2.58. The first kappa shape index (κ1) is 14.5. The van der Waals surface area contributed by atoms with E-state index in [9.17, 15) is 4.79 Å². The number of hydrogen-bond donors (Lipinski definition) is 1. The van der Waals surface area contributed by atoms with E-state index in [-0.39, 0.29) is 12.0 Å². The lowest BCUT2D eigenvalue weighted by molar-refractivity contribution is -0.121. The number of carbonyl (C=O) groups excluding carboxylic acids is 1. The van der Waals surface area contributed by atoms with Gasteiger partial charge in [-0.15, -0.1) is 0 Å². The molecule has 1 aliphatic rings. The molecule has 0 saturated heterocycles. The lowest BCUT2D eigenvalue weighted by Crippen LogP contribution is -2.34. The molecule has 1 aliphatic heterocycles. The molecule has 2 aromatic rings. The Balaban J connectivity index is 1.65. The van der Waals surface area contributed by atoms with Gasteiger partial charge in [0.25, 0.3) is 0 Å². The highest BCUT2D eigenvalue weighted by molar-refractivity contribution is 5.75. The van der Waals surface area contributed by atoms with Crippen molar-refractivity contribution in [1.82, 2.24) is 15.3 Å². The van der Waals surface area contributed by atoms with Crippen molar-refractivity contribution in [3.8, 4) is 17.0 Å². The second-order valence-corrected chi connectivity index (χ2v) is 5.41. The molecule has 0 fully saturated rings. The Kier molecular flexibility index (Phi) is 4.32. The minimum atomic E-state index is 0.00733. The highest BCUT2D eigenvalue weighted by atomic mass is 16.5. The summed E-state index contributed by atoms with van der Waals surface area (Å²) in [5, 5.41) is 2.92. The van der Waals surface area contributed by atoms with Gasteiger partial charge in [0.2, 0.25) is 5.91 Å². The first-order valence-electron chi connectivity index (χ1n) is 7.59. The summed E-state index contributed by atoms with van der Waals surface area (Å²) in [6.45, 7) is 2.55. The maximum absolute atomic E-state index is 11.5. The van der Waals surface area contributed by atoms with E-state index in [1.54, 1.807) is 18.6 Å². The Morgan fingerprint density at radius 2 is 2.32 bits per heavy atom. The predicted molar refractivity (Wildman–Crippen MR) is 83.5 cm³/mol. The van der Waals surface area contributed by atoms with Crippen molar-refractivity contribution in [3.63, 3.8) is 0 Å². The van der Waals surface area contributed by atoms with Gasteiger partial charge in [-0.1, -0.05) is 6.92 Å². The number of carbonyl (C=O) groups is 1. The third-order valence-corrected chi connectivity index (χ3v) is 3.66. The van der Waals surface area contributed by atoms with Crippen LogP contribution in [0.1, 0.15) is 25.3 Å². The number of rotatable bonds is 5. The van der Waals surface area contributed by atoms with Gasteiger partial charge in [-0.05, 0) is 30.2 Å². The maximum Gasteiger partial charge on any atom is 0.220 e. The van der Waals surface area contributed by atoms with E-state index in [2.05, 4.69) is 21.4 Å². The number of nitrogens with zero attached hydrogens (tertiary/aromatic N) is 2. The summed E-state index contributed by atoms with van der Waals surface area (Å²) in [5.41, 5.74) is 3.04. The monoisotopic (exact) mass is 297 g/mol. The van der Waals surface area contributed by atoms with Crippen LogP contribution < -0.4 is 10.1 Å². The molecule has 0 radical (unpaired) electrons. The van der Waals surface area contributed by atoms with Crippen LogP contribution >= 0.6 is 0 Å². The van der Waals surface area contributed by atoms with Crippen molar-refractivity contribution in [2.24, 2.45) is 0 Å². The smallest absolute Gasteiger partial charge is 0.220 e. The maximum atomic E-state index is 11.5. The van der Waals surface area contributed by atoms with Crippen LogP contribution in [0, 0.1) is 0 Å². The number of fused-ring (bicyclic) bond motifs is 1. The van der Waals surface area contributed by atoms with Gasteiger partial charge in [-0.25, -0.2) is 0 Å². The van der Waals surface area contributed by atoms with E-state index in [1.807, 2.05) is 19.1 Å². The quantitative estimate of drug-likeness (QED) is 0.920. The molecule has 1 aromatic carbocycles. The number of hydrogen-bond acceptors (Lipinski definition) is 4. The molecule has 114 valence electrons. The minimum Gasteiger partial charge on any atom is -0.488 e. The first-order chi connectivity index (χ1) is 10.8. The molecular weight excluding hydrogens is 278 g/mol. The summed E-state index contributed by atoms with van der Waals surface area (Å²) in [7, 11) is 0. The van der Waals surface area contributed by atoms with E-state index in [1.165, 1.54) is 0 Å². The van der Waals surface area contributed by atoms with Crippen molar-refractivity contribution < 1.29 is 9.53 Å². The van der Waals surface area contributed by atoms with Crippen LogP contribution in [0.2, 0.25) is 0 Å². The molecule has 1 atom stereocenters. The Hall–Kier alpha value is -2.43. The van der Waals surface area contributed by atoms with Gasteiger partial charge < -0.3 is 10.1 Å². The molecule has 3 rings (SSSR count). The van der Waals surface area contributed by atoms with Crippen LogP contribution in [0.15, 0.2) is 36.8 Å². The Labute approximate surface area is 129 Å².